The van der Waals surface area contributed by atoms with Crippen molar-refractivity contribution < 1.29 is 9.53 Å². The molecule has 7 heteroatoms. The molecule has 0 saturated carbocycles. The lowest BCUT2D eigenvalue weighted by Gasteiger charge is -2.30. The van der Waals surface area contributed by atoms with Crippen LogP contribution in [0.1, 0.15) is 11.4 Å². The number of rotatable bonds is 3. The zero-order valence-corrected chi connectivity index (χ0v) is 16.0. The van der Waals surface area contributed by atoms with Crippen molar-refractivity contribution in [3.8, 4) is 0 Å². The van der Waals surface area contributed by atoms with Crippen LogP contribution in [0.15, 0.2) is 42.5 Å². The van der Waals surface area contributed by atoms with E-state index in [0.29, 0.717) is 18.9 Å². The predicted octanol–water partition coefficient (Wildman–Crippen LogP) is 3.73. The molecule has 0 spiro atoms. The van der Waals surface area contributed by atoms with Crippen molar-refractivity contribution >= 4 is 34.1 Å². The third-order valence-electron chi connectivity index (χ3n) is 4.84. The number of anilines is 3. The molecule has 1 aromatic heterocycles. The first-order valence-electron chi connectivity index (χ1n) is 9.35. The molecule has 4 rings (SSSR count). The maximum Gasteiger partial charge on any atom is 0.323 e. The monoisotopic (exact) mass is 377 g/mol. The molecule has 0 aliphatic carbocycles. The molecule has 0 bridgehead atoms. The lowest BCUT2D eigenvalue weighted by atomic mass is 10.2. The van der Waals surface area contributed by atoms with Crippen LogP contribution in [0.4, 0.5) is 21.9 Å². The van der Waals surface area contributed by atoms with Crippen LogP contribution in [0.3, 0.4) is 0 Å². The van der Waals surface area contributed by atoms with Gasteiger partial charge in [0.2, 0.25) is 0 Å². The molecular formula is C21H23N5O2. The van der Waals surface area contributed by atoms with Gasteiger partial charge in [0.15, 0.2) is 0 Å². The second kappa shape index (κ2) is 7.82. The number of aryl methyl sites for hydroxylation is 2. The number of fused-ring (bicyclic) bond motifs is 1. The van der Waals surface area contributed by atoms with Crippen LogP contribution < -0.4 is 15.5 Å². The van der Waals surface area contributed by atoms with Crippen LogP contribution in [0.5, 0.6) is 0 Å². The van der Waals surface area contributed by atoms with Crippen molar-refractivity contribution in [2.24, 2.45) is 0 Å². The number of para-hydroxylation sites is 2. The molecule has 28 heavy (non-hydrogen) atoms. The van der Waals surface area contributed by atoms with E-state index in [-0.39, 0.29) is 6.03 Å². The Labute approximate surface area is 163 Å². The fourth-order valence-corrected chi connectivity index (χ4v) is 3.25. The van der Waals surface area contributed by atoms with Gasteiger partial charge >= 0.3 is 6.03 Å². The highest BCUT2D eigenvalue weighted by molar-refractivity contribution is 6.02. The molecule has 1 fully saturated rings. The maximum absolute atomic E-state index is 12.6. The van der Waals surface area contributed by atoms with Gasteiger partial charge in [0, 0.05) is 18.8 Å². The highest BCUT2D eigenvalue weighted by Gasteiger charge is 2.16. The van der Waals surface area contributed by atoms with Crippen molar-refractivity contribution in [2.45, 2.75) is 13.8 Å². The van der Waals surface area contributed by atoms with Gasteiger partial charge in [-0.25, -0.2) is 14.8 Å². The van der Waals surface area contributed by atoms with Crippen LogP contribution in [0.2, 0.25) is 0 Å². The van der Waals surface area contributed by atoms with Crippen molar-refractivity contribution in [3.05, 3.63) is 53.9 Å². The highest BCUT2D eigenvalue weighted by Crippen LogP contribution is 2.26. The number of amides is 2. The normalized spacial score (nSPS) is 14.1. The Kier molecular flexibility index (Phi) is 5.08. The SMILES string of the molecule is Cc1nc2ccc(NC(=O)Nc3ccccc3N3CCOCC3)cc2nc1C. The molecule has 1 aliphatic rings. The van der Waals surface area contributed by atoms with E-state index in [1.165, 1.54) is 0 Å². The van der Waals surface area contributed by atoms with Crippen molar-refractivity contribution in [3.63, 3.8) is 0 Å². The molecule has 2 amide bonds. The van der Waals surface area contributed by atoms with E-state index in [4.69, 9.17) is 4.74 Å². The number of urea groups is 1. The molecule has 2 heterocycles. The summed E-state index contributed by atoms with van der Waals surface area (Å²) >= 11 is 0. The number of ether oxygens (including phenoxy) is 1. The largest absolute Gasteiger partial charge is 0.378 e. The third kappa shape index (κ3) is 3.89. The summed E-state index contributed by atoms with van der Waals surface area (Å²) in [7, 11) is 0. The lowest BCUT2D eigenvalue weighted by Crippen LogP contribution is -2.36. The number of nitrogens with zero attached hydrogens (tertiary/aromatic N) is 3. The Morgan fingerprint density at radius 3 is 2.46 bits per heavy atom. The topological polar surface area (TPSA) is 79.4 Å². The first-order valence-corrected chi connectivity index (χ1v) is 9.35. The molecular weight excluding hydrogens is 354 g/mol. The standard InChI is InChI=1S/C21H23N5O2/c1-14-15(2)23-19-13-16(7-8-17(19)22-14)24-21(27)25-18-5-3-4-6-20(18)26-9-11-28-12-10-26/h3-8,13H,9-12H2,1-2H3,(H2,24,25,27). The van der Waals surface area contributed by atoms with Crippen molar-refractivity contribution in [1.29, 1.82) is 0 Å². The van der Waals surface area contributed by atoms with Crippen LogP contribution in [-0.2, 0) is 4.74 Å². The van der Waals surface area contributed by atoms with Gasteiger partial charge in [0.05, 0.1) is 47.0 Å². The minimum Gasteiger partial charge on any atom is -0.378 e. The molecule has 3 aromatic rings. The molecule has 0 radical (unpaired) electrons. The van der Waals surface area contributed by atoms with Gasteiger partial charge in [0.25, 0.3) is 0 Å². The number of carbonyl (C=O) groups is 1. The van der Waals surface area contributed by atoms with Gasteiger partial charge in [-0.05, 0) is 44.2 Å². The van der Waals surface area contributed by atoms with Crippen molar-refractivity contribution in [1.82, 2.24) is 9.97 Å². The number of aromatic nitrogens is 2. The summed E-state index contributed by atoms with van der Waals surface area (Å²) < 4.78 is 5.42. The summed E-state index contributed by atoms with van der Waals surface area (Å²) in [5.74, 6) is 0. The molecule has 2 aromatic carbocycles. The lowest BCUT2D eigenvalue weighted by molar-refractivity contribution is 0.123. The average molecular weight is 377 g/mol. The number of morpholine rings is 1. The van der Waals surface area contributed by atoms with Gasteiger partial charge in [0.1, 0.15) is 0 Å². The number of carbonyl (C=O) groups excluding carboxylic acids is 1. The summed E-state index contributed by atoms with van der Waals surface area (Å²) in [5, 5.41) is 5.84. The van der Waals surface area contributed by atoms with E-state index in [1.54, 1.807) is 0 Å². The molecule has 1 aliphatic heterocycles. The van der Waals surface area contributed by atoms with E-state index in [0.717, 1.165) is 46.9 Å². The molecule has 144 valence electrons. The number of hydrogen-bond acceptors (Lipinski definition) is 5. The predicted molar refractivity (Wildman–Crippen MR) is 111 cm³/mol. The summed E-state index contributed by atoms with van der Waals surface area (Å²) in [6, 6.07) is 13.0. The first-order chi connectivity index (χ1) is 13.6. The third-order valence-corrected chi connectivity index (χ3v) is 4.84. The van der Waals surface area contributed by atoms with Crippen molar-refractivity contribution in [2.75, 3.05) is 41.8 Å². The number of nitrogens with one attached hydrogen (secondary N) is 2. The fraction of sp³-hybridized carbons (Fsp3) is 0.286. The van der Waals surface area contributed by atoms with Crippen LogP contribution in [-0.4, -0.2) is 42.3 Å². The number of hydrogen-bond donors (Lipinski definition) is 2. The van der Waals surface area contributed by atoms with Crippen LogP contribution >= 0.6 is 0 Å². The van der Waals surface area contributed by atoms with E-state index >= 15 is 0 Å². The zero-order chi connectivity index (χ0) is 19.5. The van der Waals surface area contributed by atoms with E-state index in [9.17, 15) is 4.79 Å². The summed E-state index contributed by atoms with van der Waals surface area (Å²) in [5.41, 5.74) is 5.80. The Hall–Kier alpha value is -3.19. The molecule has 0 atom stereocenters. The molecule has 2 N–H and O–H groups in total. The van der Waals surface area contributed by atoms with Gasteiger partial charge in [-0.2, -0.15) is 0 Å². The summed E-state index contributed by atoms with van der Waals surface area (Å²) in [6.45, 7) is 6.87. The van der Waals surface area contributed by atoms with Gasteiger partial charge < -0.3 is 20.3 Å². The fourth-order valence-electron chi connectivity index (χ4n) is 3.25. The Morgan fingerprint density at radius 2 is 1.68 bits per heavy atom. The number of benzene rings is 2. The Bertz CT molecular complexity index is 1010. The Morgan fingerprint density at radius 1 is 0.964 bits per heavy atom. The van der Waals surface area contributed by atoms with E-state index in [2.05, 4.69) is 25.5 Å². The quantitative estimate of drug-likeness (QED) is 0.727. The smallest absolute Gasteiger partial charge is 0.323 e. The molecule has 0 unspecified atom stereocenters. The Balaban J connectivity index is 1.50. The highest BCUT2D eigenvalue weighted by atomic mass is 16.5. The summed E-state index contributed by atoms with van der Waals surface area (Å²) in [6.07, 6.45) is 0. The summed E-state index contributed by atoms with van der Waals surface area (Å²) in [4.78, 5) is 23.9. The first kappa shape index (κ1) is 18.2. The van der Waals surface area contributed by atoms with Gasteiger partial charge in [-0.15, -0.1) is 0 Å². The minimum atomic E-state index is -0.295. The second-order valence-corrected chi connectivity index (χ2v) is 6.79. The maximum atomic E-state index is 12.6. The van der Waals surface area contributed by atoms with E-state index < -0.39 is 0 Å². The van der Waals surface area contributed by atoms with E-state index in [1.807, 2.05) is 56.3 Å². The van der Waals surface area contributed by atoms with Gasteiger partial charge in [-0.3, -0.25) is 0 Å². The van der Waals surface area contributed by atoms with Gasteiger partial charge in [-0.1, -0.05) is 12.1 Å². The zero-order valence-electron chi connectivity index (χ0n) is 16.0. The van der Waals surface area contributed by atoms with Crippen LogP contribution in [0, 0.1) is 13.8 Å². The molecule has 7 nitrogen and oxygen atoms in total. The average Bonchev–Trinajstić information content (AvgIpc) is 2.70. The molecule has 1 saturated heterocycles. The minimum absolute atomic E-state index is 0.295. The second-order valence-electron chi connectivity index (χ2n) is 6.79. The van der Waals surface area contributed by atoms with Crippen LogP contribution in [0.25, 0.3) is 11.0 Å².